The standard InChI is InChI=1S/C17H10F3N4/c18-17(19,20)12-1-3-13(4-2-12)24-10-11(9-23-24)14-5-7-21-16-15(14)6-8-22-16/h1-3,5-10H,(H,21,22). The topological polar surface area (TPSA) is 46.5 Å². The first-order valence-corrected chi connectivity index (χ1v) is 7.09. The maximum absolute atomic E-state index is 12.6. The van der Waals surface area contributed by atoms with E-state index >= 15 is 0 Å². The van der Waals surface area contributed by atoms with Gasteiger partial charge in [0.2, 0.25) is 0 Å². The Balaban J connectivity index is 1.71. The highest BCUT2D eigenvalue weighted by Crippen LogP contribution is 2.30. The molecule has 3 heterocycles. The third kappa shape index (κ3) is 2.44. The molecule has 4 nitrogen and oxygen atoms in total. The SMILES string of the molecule is FC(F)(F)c1c[c]c(-n2cc(-c3ccnc4[nH]ccc34)cn2)cc1. The lowest BCUT2D eigenvalue weighted by molar-refractivity contribution is -0.137. The van der Waals surface area contributed by atoms with Gasteiger partial charge >= 0.3 is 6.18 Å². The van der Waals surface area contributed by atoms with Gasteiger partial charge in [-0.3, -0.25) is 0 Å². The molecule has 0 aliphatic rings. The number of hydrogen-bond acceptors (Lipinski definition) is 2. The number of aromatic amines is 1. The van der Waals surface area contributed by atoms with E-state index in [0.717, 1.165) is 34.3 Å². The number of nitrogens with one attached hydrogen (secondary N) is 1. The van der Waals surface area contributed by atoms with E-state index in [-0.39, 0.29) is 0 Å². The summed E-state index contributed by atoms with van der Waals surface area (Å²) in [4.78, 5) is 7.27. The summed E-state index contributed by atoms with van der Waals surface area (Å²) in [6.45, 7) is 0. The molecule has 0 atom stereocenters. The smallest absolute Gasteiger partial charge is 0.346 e. The molecule has 24 heavy (non-hydrogen) atoms. The molecule has 1 radical (unpaired) electrons. The van der Waals surface area contributed by atoms with Crippen LogP contribution in [0.15, 0.2) is 55.1 Å². The molecule has 4 aromatic rings. The minimum Gasteiger partial charge on any atom is -0.346 e. The Morgan fingerprint density at radius 3 is 2.75 bits per heavy atom. The zero-order chi connectivity index (χ0) is 16.7. The second-order valence-electron chi connectivity index (χ2n) is 5.23. The van der Waals surface area contributed by atoms with Crippen LogP contribution in [-0.4, -0.2) is 19.7 Å². The fraction of sp³-hybridized carbons (Fsp3) is 0.0588. The fourth-order valence-corrected chi connectivity index (χ4v) is 2.54. The maximum Gasteiger partial charge on any atom is 0.416 e. The van der Waals surface area contributed by atoms with Crippen LogP contribution in [0.3, 0.4) is 0 Å². The summed E-state index contributed by atoms with van der Waals surface area (Å²) in [6, 6.07) is 9.69. The molecule has 0 aliphatic carbocycles. The van der Waals surface area contributed by atoms with Crippen molar-refractivity contribution in [3.05, 3.63) is 66.7 Å². The monoisotopic (exact) mass is 327 g/mol. The van der Waals surface area contributed by atoms with E-state index in [1.165, 1.54) is 10.7 Å². The van der Waals surface area contributed by atoms with E-state index in [2.05, 4.69) is 21.1 Å². The van der Waals surface area contributed by atoms with Crippen molar-refractivity contribution < 1.29 is 13.2 Å². The zero-order valence-electron chi connectivity index (χ0n) is 12.2. The number of alkyl halides is 3. The molecule has 0 unspecified atom stereocenters. The lowest BCUT2D eigenvalue weighted by Gasteiger charge is -2.07. The lowest BCUT2D eigenvalue weighted by Crippen LogP contribution is -2.05. The first kappa shape index (κ1) is 14.5. The molecule has 0 aliphatic heterocycles. The lowest BCUT2D eigenvalue weighted by atomic mass is 10.1. The molecule has 0 saturated carbocycles. The number of fused-ring (bicyclic) bond motifs is 1. The molecule has 1 aromatic carbocycles. The summed E-state index contributed by atoms with van der Waals surface area (Å²) in [5, 5.41) is 5.17. The van der Waals surface area contributed by atoms with Crippen LogP contribution in [0.2, 0.25) is 0 Å². The number of pyridine rings is 1. The highest BCUT2D eigenvalue weighted by Gasteiger charge is 2.30. The Morgan fingerprint density at radius 1 is 1.12 bits per heavy atom. The normalized spacial score (nSPS) is 12.0. The van der Waals surface area contributed by atoms with Gasteiger partial charge < -0.3 is 4.98 Å². The Hall–Kier alpha value is -3.09. The molecule has 0 fully saturated rings. The average molecular weight is 327 g/mol. The van der Waals surface area contributed by atoms with Gasteiger partial charge in [-0.05, 0) is 35.9 Å². The summed E-state index contributed by atoms with van der Waals surface area (Å²) in [5.74, 6) is 0. The number of rotatable bonds is 2. The number of halogens is 3. The molecule has 0 saturated heterocycles. The van der Waals surface area contributed by atoms with Crippen molar-refractivity contribution in [2.45, 2.75) is 6.18 Å². The maximum atomic E-state index is 12.6. The van der Waals surface area contributed by atoms with E-state index in [0.29, 0.717) is 5.69 Å². The van der Waals surface area contributed by atoms with Crippen LogP contribution in [0.25, 0.3) is 27.8 Å². The summed E-state index contributed by atoms with van der Waals surface area (Å²) >= 11 is 0. The Morgan fingerprint density at radius 2 is 2.00 bits per heavy atom. The van der Waals surface area contributed by atoms with Gasteiger partial charge in [-0.25, -0.2) is 9.67 Å². The van der Waals surface area contributed by atoms with Gasteiger partial charge in [-0.1, -0.05) is 0 Å². The predicted molar refractivity (Wildman–Crippen MR) is 82.5 cm³/mol. The van der Waals surface area contributed by atoms with Crippen molar-refractivity contribution in [2.24, 2.45) is 0 Å². The van der Waals surface area contributed by atoms with Crippen LogP contribution in [0.1, 0.15) is 5.56 Å². The van der Waals surface area contributed by atoms with Gasteiger partial charge in [-0.15, -0.1) is 0 Å². The minimum atomic E-state index is -4.37. The van der Waals surface area contributed by atoms with Gasteiger partial charge in [0.15, 0.2) is 0 Å². The largest absolute Gasteiger partial charge is 0.416 e. The first-order valence-electron chi connectivity index (χ1n) is 7.09. The van der Waals surface area contributed by atoms with Crippen molar-refractivity contribution in [1.82, 2.24) is 19.7 Å². The number of aromatic nitrogens is 4. The molecule has 0 bridgehead atoms. The van der Waals surface area contributed by atoms with E-state index in [1.54, 1.807) is 24.8 Å². The molecule has 0 spiro atoms. The Bertz CT molecular complexity index is 997. The van der Waals surface area contributed by atoms with E-state index in [9.17, 15) is 13.2 Å². The summed E-state index contributed by atoms with van der Waals surface area (Å²) < 4.78 is 39.3. The Kier molecular flexibility index (Phi) is 3.16. The zero-order valence-corrected chi connectivity index (χ0v) is 12.2. The van der Waals surface area contributed by atoms with Crippen molar-refractivity contribution in [2.75, 3.05) is 0 Å². The quantitative estimate of drug-likeness (QED) is 0.599. The average Bonchev–Trinajstić information content (AvgIpc) is 3.23. The molecule has 119 valence electrons. The molecule has 1 N–H and O–H groups in total. The molecule has 3 aromatic heterocycles. The van der Waals surface area contributed by atoms with Crippen LogP contribution in [0.4, 0.5) is 13.2 Å². The van der Waals surface area contributed by atoms with Gasteiger partial charge in [-0.2, -0.15) is 18.3 Å². The molecular weight excluding hydrogens is 317 g/mol. The summed E-state index contributed by atoms with van der Waals surface area (Å²) in [7, 11) is 0. The minimum absolute atomic E-state index is 0.439. The predicted octanol–water partition coefficient (Wildman–Crippen LogP) is 4.23. The van der Waals surface area contributed by atoms with Gasteiger partial charge in [0.1, 0.15) is 5.65 Å². The van der Waals surface area contributed by atoms with Crippen molar-refractivity contribution in [3.63, 3.8) is 0 Å². The summed E-state index contributed by atoms with van der Waals surface area (Å²) in [5.41, 5.74) is 2.26. The van der Waals surface area contributed by atoms with Gasteiger partial charge in [0.05, 0.1) is 17.4 Å². The van der Waals surface area contributed by atoms with E-state index in [4.69, 9.17) is 0 Å². The molecule has 7 heteroatoms. The third-order valence-electron chi connectivity index (χ3n) is 3.72. The highest BCUT2D eigenvalue weighted by molar-refractivity contribution is 5.92. The van der Waals surface area contributed by atoms with Gasteiger partial charge in [0, 0.05) is 35.6 Å². The van der Waals surface area contributed by atoms with Crippen molar-refractivity contribution in [3.8, 4) is 16.8 Å². The van der Waals surface area contributed by atoms with Crippen LogP contribution in [0.5, 0.6) is 0 Å². The number of hydrogen-bond donors (Lipinski definition) is 1. The molecular formula is C17H10F3N4. The van der Waals surface area contributed by atoms with E-state index in [1.807, 2.05) is 12.1 Å². The molecule has 0 amide bonds. The van der Waals surface area contributed by atoms with Crippen molar-refractivity contribution in [1.29, 1.82) is 0 Å². The highest BCUT2D eigenvalue weighted by atomic mass is 19.4. The summed E-state index contributed by atoms with van der Waals surface area (Å²) in [6.07, 6.45) is 2.53. The number of nitrogens with zero attached hydrogens (tertiary/aromatic N) is 3. The Labute approximate surface area is 134 Å². The molecule has 4 rings (SSSR count). The van der Waals surface area contributed by atoms with Crippen LogP contribution in [0, 0.1) is 6.07 Å². The fourth-order valence-electron chi connectivity index (χ4n) is 2.54. The second-order valence-corrected chi connectivity index (χ2v) is 5.23. The van der Waals surface area contributed by atoms with Gasteiger partial charge in [0.25, 0.3) is 0 Å². The van der Waals surface area contributed by atoms with Crippen molar-refractivity contribution >= 4 is 11.0 Å². The number of H-pyrrole nitrogens is 1. The van der Waals surface area contributed by atoms with Crippen LogP contribution >= 0.6 is 0 Å². The van der Waals surface area contributed by atoms with Crippen LogP contribution < -0.4 is 0 Å². The van der Waals surface area contributed by atoms with E-state index < -0.39 is 11.7 Å². The third-order valence-corrected chi connectivity index (χ3v) is 3.72. The first-order chi connectivity index (χ1) is 11.5. The second kappa shape index (κ2) is 5.23. The van der Waals surface area contributed by atoms with Crippen LogP contribution in [-0.2, 0) is 6.18 Å². The number of benzene rings is 1.